The van der Waals surface area contributed by atoms with Gasteiger partial charge in [0.25, 0.3) is 5.91 Å². The van der Waals surface area contributed by atoms with E-state index in [0.717, 1.165) is 41.7 Å². The summed E-state index contributed by atoms with van der Waals surface area (Å²) in [4.78, 5) is 22.0. The van der Waals surface area contributed by atoms with Gasteiger partial charge in [0, 0.05) is 31.7 Å². The zero-order valence-corrected chi connectivity index (χ0v) is 18.8. The maximum Gasteiger partial charge on any atom is 0.253 e. The molecule has 0 unspecified atom stereocenters. The molecule has 4 aromatic rings. The van der Waals surface area contributed by atoms with Crippen LogP contribution in [0, 0.1) is 0 Å². The number of carbonyl (C=O) groups excluding carboxylic acids is 1. The van der Waals surface area contributed by atoms with Gasteiger partial charge in [0.2, 0.25) is 0 Å². The third-order valence-corrected chi connectivity index (χ3v) is 6.85. The van der Waals surface area contributed by atoms with Crippen molar-refractivity contribution in [3.8, 4) is 11.5 Å². The number of aromatic nitrogens is 1. The molecule has 32 heavy (non-hydrogen) atoms. The normalized spacial score (nSPS) is 14.0. The van der Waals surface area contributed by atoms with Gasteiger partial charge in [-0.1, -0.05) is 42.5 Å². The van der Waals surface area contributed by atoms with Crippen LogP contribution in [0.25, 0.3) is 10.2 Å². The molecular weight excluding hydrogens is 418 g/mol. The predicted octanol–water partition coefficient (Wildman–Crippen LogP) is 5.61. The van der Waals surface area contributed by atoms with Gasteiger partial charge in [0.1, 0.15) is 11.5 Å². The van der Waals surface area contributed by atoms with Gasteiger partial charge in [-0.15, -0.1) is 0 Å². The van der Waals surface area contributed by atoms with Crippen molar-refractivity contribution in [2.75, 3.05) is 31.1 Å². The number of piperazine rings is 1. The topological polar surface area (TPSA) is 45.7 Å². The fraction of sp³-hybridized carbons (Fsp3) is 0.231. The van der Waals surface area contributed by atoms with Gasteiger partial charge < -0.3 is 14.5 Å². The van der Waals surface area contributed by atoms with Crippen LogP contribution in [0.5, 0.6) is 11.5 Å². The Labute approximate surface area is 191 Å². The lowest BCUT2D eigenvalue weighted by Gasteiger charge is -2.34. The summed E-state index contributed by atoms with van der Waals surface area (Å²) in [5.74, 6) is 1.57. The van der Waals surface area contributed by atoms with Crippen LogP contribution in [-0.2, 0) is 6.42 Å². The molecule has 0 aliphatic carbocycles. The summed E-state index contributed by atoms with van der Waals surface area (Å²) in [5.41, 5.74) is 3.08. The Hall–Kier alpha value is -3.38. The van der Waals surface area contributed by atoms with Crippen molar-refractivity contribution in [2.24, 2.45) is 0 Å². The summed E-state index contributed by atoms with van der Waals surface area (Å²) in [5, 5.41) is 1.04. The molecule has 5 rings (SSSR count). The molecule has 0 spiro atoms. The standard InChI is InChI=1S/C26H25N3O2S/c1-2-19-8-13-23-24(18-19)32-26(27-23)29-16-14-28(15-17-29)25(30)20-9-11-22(12-10-20)31-21-6-4-3-5-7-21/h3-13,18H,2,14-17H2,1H3. The molecule has 1 saturated heterocycles. The Balaban J connectivity index is 1.21. The van der Waals surface area contributed by atoms with Gasteiger partial charge in [-0.3, -0.25) is 4.79 Å². The molecular formula is C26H25N3O2S. The van der Waals surface area contributed by atoms with E-state index in [1.165, 1.54) is 10.3 Å². The van der Waals surface area contributed by atoms with Gasteiger partial charge >= 0.3 is 0 Å². The number of hydrogen-bond acceptors (Lipinski definition) is 5. The van der Waals surface area contributed by atoms with Crippen LogP contribution in [0.15, 0.2) is 72.8 Å². The Kier molecular flexibility index (Phi) is 5.77. The maximum absolute atomic E-state index is 13.0. The zero-order chi connectivity index (χ0) is 21.9. The lowest BCUT2D eigenvalue weighted by molar-refractivity contribution is 0.0747. The monoisotopic (exact) mass is 443 g/mol. The van der Waals surface area contributed by atoms with Crippen molar-refractivity contribution in [1.29, 1.82) is 0 Å². The summed E-state index contributed by atoms with van der Waals surface area (Å²) < 4.78 is 7.06. The highest BCUT2D eigenvalue weighted by Crippen LogP contribution is 2.30. The van der Waals surface area contributed by atoms with Crippen molar-refractivity contribution < 1.29 is 9.53 Å². The molecule has 1 aliphatic heterocycles. The lowest BCUT2D eigenvalue weighted by atomic mass is 10.1. The van der Waals surface area contributed by atoms with Crippen molar-refractivity contribution in [3.05, 3.63) is 83.9 Å². The lowest BCUT2D eigenvalue weighted by Crippen LogP contribution is -2.48. The first-order chi connectivity index (χ1) is 15.7. The van der Waals surface area contributed by atoms with E-state index in [2.05, 4.69) is 30.0 Å². The summed E-state index contributed by atoms with van der Waals surface area (Å²) in [6, 6.07) is 23.5. The first-order valence-electron chi connectivity index (χ1n) is 11.0. The minimum absolute atomic E-state index is 0.0628. The minimum Gasteiger partial charge on any atom is -0.457 e. The van der Waals surface area contributed by atoms with Crippen LogP contribution < -0.4 is 9.64 Å². The summed E-state index contributed by atoms with van der Waals surface area (Å²) in [6.45, 7) is 5.14. The predicted molar refractivity (Wildman–Crippen MR) is 130 cm³/mol. The molecule has 0 radical (unpaired) electrons. The third-order valence-electron chi connectivity index (χ3n) is 5.77. The largest absolute Gasteiger partial charge is 0.457 e. The fourth-order valence-corrected chi connectivity index (χ4v) is 4.97. The Morgan fingerprint density at radius 1 is 0.938 bits per heavy atom. The number of anilines is 1. The third kappa shape index (κ3) is 4.32. The van der Waals surface area contributed by atoms with Crippen LogP contribution >= 0.6 is 11.3 Å². The van der Waals surface area contributed by atoms with Gasteiger partial charge in [0.15, 0.2) is 5.13 Å². The van der Waals surface area contributed by atoms with Crippen molar-refractivity contribution in [1.82, 2.24) is 9.88 Å². The molecule has 0 saturated carbocycles. The highest BCUT2D eigenvalue weighted by molar-refractivity contribution is 7.22. The van der Waals surface area contributed by atoms with Gasteiger partial charge in [-0.2, -0.15) is 0 Å². The first kappa shape index (κ1) is 20.5. The number of benzene rings is 3. The average Bonchev–Trinajstić information content (AvgIpc) is 3.28. The molecule has 2 heterocycles. The fourth-order valence-electron chi connectivity index (χ4n) is 3.89. The second-order valence-corrected chi connectivity index (χ2v) is 8.88. The van der Waals surface area contributed by atoms with Gasteiger partial charge in [-0.05, 0) is 60.5 Å². The first-order valence-corrected chi connectivity index (χ1v) is 11.8. The van der Waals surface area contributed by atoms with Crippen LogP contribution in [-0.4, -0.2) is 42.0 Å². The van der Waals surface area contributed by atoms with Crippen LogP contribution in [0.2, 0.25) is 0 Å². The Morgan fingerprint density at radius 2 is 1.66 bits per heavy atom. The summed E-state index contributed by atoms with van der Waals surface area (Å²) in [7, 11) is 0. The molecule has 1 aliphatic rings. The van der Waals surface area contributed by atoms with E-state index in [9.17, 15) is 4.79 Å². The summed E-state index contributed by atoms with van der Waals surface area (Å²) >= 11 is 1.74. The van der Waals surface area contributed by atoms with E-state index in [0.29, 0.717) is 18.7 Å². The molecule has 1 fully saturated rings. The number of ether oxygens (including phenoxy) is 1. The number of amides is 1. The highest BCUT2D eigenvalue weighted by Gasteiger charge is 2.24. The Bertz CT molecular complexity index is 1210. The van der Waals surface area contributed by atoms with Crippen LogP contribution in [0.4, 0.5) is 5.13 Å². The van der Waals surface area contributed by atoms with Crippen molar-refractivity contribution in [3.63, 3.8) is 0 Å². The number of aryl methyl sites for hydroxylation is 1. The average molecular weight is 444 g/mol. The smallest absolute Gasteiger partial charge is 0.253 e. The molecule has 1 amide bonds. The van der Waals surface area contributed by atoms with Crippen LogP contribution in [0.1, 0.15) is 22.8 Å². The van der Waals surface area contributed by atoms with E-state index in [-0.39, 0.29) is 5.91 Å². The number of fused-ring (bicyclic) bond motifs is 1. The molecule has 162 valence electrons. The van der Waals surface area contributed by atoms with E-state index in [1.54, 1.807) is 11.3 Å². The Morgan fingerprint density at radius 3 is 2.38 bits per heavy atom. The van der Waals surface area contributed by atoms with Gasteiger partial charge in [0.05, 0.1) is 10.2 Å². The highest BCUT2D eigenvalue weighted by atomic mass is 32.1. The molecule has 1 aromatic heterocycles. The zero-order valence-electron chi connectivity index (χ0n) is 18.0. The SMILES string of the molecule is CCc1ccc2nc(N3CCN(C(=O)c4ccc(Oc5ccccc5)cc4)CC3)sc2c1. The second kappa shape index (κ2) is 9.01. The van der Waals surface area contributed by atoms with Crippen LogP contribution in [0.3, 0.4) is 0 Å². The number of rotatable bonds is 5. The summed E-state index contributed by atoms with van der Waals surface area (Å²) in [6.07, 6.45) is 1.03. The molecule has 6 heteroatoms. The maximum atomic E-state index is 13.0. The number of para-hydroxylation sites is 1. The van der Waals surface area contributed by atoms with Gasteiger partial charge in [-0.25, -0.2) is 4.98 Å². The number of thiazole rings is 1. The minimum atomic E-state index is 0.0628. The van der Waals surface area contributed by atoms with E-state index >= 15 is 0 Å². The molecule has 5 nitrogen and oxygen atoms in total. The molecule has 3 aromatic carbocycles. The number of nitrogens with zero attached hydrogens (tertiary/aromatic N) is 3. The quantitative estimate of drug-likeness (QED) is 0.402. The van der Waals surface area contributed by atoms with E-state index < -0.39 is 0 Å². The second-order valence-electron chi connectivity index (χ2n) is 7.87. The van der Waals surface area contributed by atoms with E-state index in [1.807, 2.05) is 59.5 Å². The molecule has 0 N–H and O–H groups in total. The number of hydrogen-bond donors (Lipinski definition) is 0. The van der Waals surface area contributed by atoms with E-state index in [4.69, 9.17) is 9.72 Å². The van der Waals surface area contributed by atoms with Crippen molar-refractivity contribution >= 4 is 32.6 Å². The molecule has 0 bridgehead atoms. The number of carbonyl (C=O) groups is 1. The molecule has 0 atom stereocenters. The van der Waals surface area contributed by atoms with Crippen molar-refractivity contribution in [2.45, 2.75) is 13.3 Å².